The number of hydrogen-bond donors (Lipinski definition) is 1. The first-order valence-corrected chi connectivity index (χ1v) is 14.3. The number of ether oxygens (including phenoxy) is 1. The molecule has 160 valence electrons. The van der Waals surface area contributed by atoms with Gasteiger partial charge < -0.3 is 19.3 Å². The van der Waals surface area contributed by atoms with Crippen molar-refractivity contribution in [3.63, 3.8) is 0 Å². The Morgan fingerprint density at radius 3 is 2.79 bits per heavy atom. The summed E-state index contributed by atoms with van der Waals surface area (Å²) in [4.78, 5) is 6.42. The van der Waals surface area contributed by atoms with Crippen LogP contribution in [0.15, 0.2) is 29.7 Å². The SMILES string of the molecule is C=C1/N=C\c2nnc(C3CC(O)CC3CC)n2C/C=C\N1COCC[Si](C)(C)C. The van der Waals surface area contributed by atoms with E-state index < -0.39 is 8.07 Å². The molecule has 2 aliphatic rings. The fourth-order valence-electron chi connectivity index (χ4n) is 3.98. The van der Waals surface area contributed by atoms with Crippen molar-refractivity contribution in [3.8, 4) is 0 Å². The molecule has 1 aromatic rings. The maximum absolute atomic E-state index is 10.1. The summed E-state index contributed by atoms with van der Waals surface area (Å²) in [6.45, 7) is 15.1. The lowest BCUT2D eigenvalue weighted by atomic mass is 9.93. The summed E-state index contributed by atoms with van der Waals surface area (Å²) >= 11 is 0. The van der Waals surface area contributed by atoms with Gasteiger partial charge in [-0.1, -0.05) is 39.6 Å². The Morgan fingerprint density at radius 1 is 1.28 bits per heavy atom. The zero-order valence-corrected chi connectivity index (χ0v) is 19.2. The standard InChI is InChI=1S/C21H35N5O2Si/c1-6-17-12-18(27)13-19(17)21-24-23-20-14-22-16(2)25(8-7-9-26(20)21)15-28-10-11-29(3,4)5/h7-8,14,17-19,27H,2,6,9-13,15H2,1,3-5H3/b8-7-,22-14-. The number of aliphatic hydroxyl groups is 1. The Hall–Kier alpha value is -1.77. The van der Waals surface area contributed by atoms with Crippen molar-refractivity contribution < 1.29 is 9.84 Å². The van der Waals surface area contributed by atoms with Crippen LogP contribution in [0, 0.1) is 5.92 Å². The normalized spacial score (nSPS) is 27.3. The molecule has 8 heteroatoms. The molecule has 1 aromatic heterocycles. The van der Waals surface area contributed by atoms with Gasteiger partial charge in [0.25, 0.3) is 0 Å². The van der Waals surface area contributed by atoms with E-state index in [1.165, 1.54) is 0 Å². The van der Waals surface area contributed by atoms with Crippen LogP contribution >= 0.6 is 0 Å². The van der Waals surface area contributed by atoms with E-state index in [1.807, 2.05) is 11.1 Å². The molecule has 3 unspecified atom stereocenters. The van der Waals surface area contributed by atoms with Crippen LogP contribution in [0.2, 0.25) is 25.7 Å². The molecule has 1 saturated carbocycles. The average Bonchev–Trinajstić information content (AvgIpc) is 3.23. The lowest BCUT2D eigenvalue weighted by Crippen LogP contribution is -2.24. The van der Waals surface area contributed by atoms with E-state index in [2.05, 4.69) is 59.0 Å². The predicted octanol–water partition coefficient (Wildman–Crippen LogP) is 3.57. The average molecular weight is 418 g/mol. The minimum Gasteiger partial charge on any atom is -0.393 e. The number of fused-ring (bicyclic) bond motifs is 1. The molecule has 0 radical (unpaired) electrons. The highest BCUT2D eigenvalue weighted by molar-refractivity contribution is 6.76. The first-order chi connectivity index (χ1) is 13.8. The molecule has 1 aliphatic heterocycles. The van der Waals surface area contributed by atoms with Gasteiger partial charge in [0.05, 0.1) is 12.3 Å². The molecule has 3 atom stereocenters. The number of aliphatic hydroxyl groups excluding tert-OH is 1. The second-order valence-electron chi connectivity index (χ2n) is 9.30. The van der Waals surface area contributed by atoms with Crippen molar-refractivity contribution in [3.05, 3.63) is 36.3 Å². The lowest BCUT2D eigenvalue weighted by Gasteiger charge is -2.21. The van der Waals surface area contributed by atoms with Gasteiger partial charge in [0.1, 0.15) is 18.4 Å². The Kier molecular flexibility index (Phi) is 7.08. The van der Waals surface area contributed by atoms with Crippen LogP contribution in [0.4, 0.5) is 0 Å². The van der Waals surface area contributed by atoms with E-state index >= 15 is 0 Å². The highest BCUT2D eigenvalue weighted by atomic mass is 28.3. The minimum absolute atomic E-state index is 0.239. The van der Waals surface area contributed by atoms with Gasteiger partial charge in [-0.05, 0) is 30.9 Å². The summed E-state index contributed by atoms with van der Waals surface area (Å²) in [5.74, 6) is 2.98. The van der Waals surface area contributed by atoms with E-state index in [0.717, 1.165) is 43.6 Å². The predicted molar refractivity (Wildman–Crippen MR) is 118 cm³/mol. The Morgan fingerprint density at radius 2 is 2.07 bits per heavy atom. The summed E-state index contributed by atoms with van der Waals surface area (Å²) in [6, 6.07) is 1.14. The number of aromatic nitrogens is 3. The zero-order valence-electron chi connectivity index (χ0n) is 18.2. The van der Waals surface area contributed by atoms with E-state index in [4.69, 9.17) is 4.74 Å². The van der Waals surface area contributed by atoms with Crippen LogP contribution in [-0.4, -0.2) is 58.5 Å². The summed E-state index contributed by atoms with van der Waals surface area (Å²) in [5.41, 5.74) is 0. The highest BCUT2D eigenvalue weighted by Gasteiger charge is 2.36. The summed E-state index contributed by atoms with van der Waals surface area (Å²) in [6.07, 6.45) is 8.16. The first kappa shape index (κ1) is 21.9. The molecule has 7 nitrogen and oxygen atoms in total. The number of rotatable bonds is 7. The fraction of sp³-hybridized carbons (Fsp3) is 0.667. The molecule has 1 N–H and O–H groups in total. The van der Waals surface area contributed by atoms with Gasteiger partial charge in [0.15, 0.2) is 5.82 Å². The molecular weight excluding hydrogens is 382 g/mol. The van der Waals surface area contributed by atoms with Crippen molar-refractivity contribution in [2.75, 3.05) is 13.3 Å². The van der Waals surface area contributed by atoms with Gasteiger partial charge in [-0.2, -0.15) is 0 Å². The van der Waals surface area contributed by atoms with Crippen LogP contribution < -0.4 is 0 Å². The van der Waals surface area contributed by atoms with Crippen molar-refractivity contribution in [2.45, 2.75) is 70.4 Å². The first-order valence-electron chi connectivity index (χ1n) is 10.6. The summed E-state index contributed by atoms with van der Waals surface area (Å²) in [7, 11) is -1.10. The third kappa shape index (κ3) is 5.64. The van der Waals surface area contributed by atoms with Gasteiger partial charge in [0.2, 0.25) is 0 Å². The van der Waals surface area contributed by atoms with Gasteiger partial charge in [-0.3, -0.25) is 0 Å². The van der Waals surface area contributed by atoms with Crippen LogP contribution in [0.3, 0.4) is 0 Å². The van der Waals surface area contributed by atoms with Crippen molar-refractivity contribution >= 4 is 14.3 Å². The van der Waals surface area contributed by atoms with Crippen molar-refractivity contribution in [1.29, 1.82) is 0 Å². The number of nitrogens with zero attached hydrogens (tertiary/aromatic N) is 5. The summed E-state index contributed by atoms with van der Waals surface area (Å²) in [5, 5.41) is 19.0. The molecule has 1 aliphatic carbocycles. The maximum Gasteiger partial charge on any atom is 0.175 e. The van der Waals surface area contributed by atoms with Crippen LogP contribution in [0.25, 0.3) is 0 Å². The molecule has 0 amide bonds. The number of aliphatic imine (C=N–C) groups is 1. The molecule has 2 heterocycles. The van der Waals surface area contributed by atoms with E-state index in [-0.39, 0.29) is 12.0 Å². The fourth-order valence-corrected chi connectivity index (χ4v) is 4.74. The van der Waals surface area contributed by atoms with Gasteiger partial charge >= 0.3 is 0 Å². The second-order valence-corrected chi connectivity index (χ2v) is 14.9. The topological polar surface area (TPSA) is 75.8 Å². The van der Waals surface area contributed by atoms with Crippen molar-refractivity contribution in [1.82, 2.24) is 19.7 Å². The molecule has 0 spiro atoms. The van der Waals surface area contributed by atoms with Crippen molar-refractivity contribution in [2.24, 2.45) is 10.9 Å². The van der Waals surface area contributed by atoms with E-state index in [0.29, 0.717) is 25.0 Å². The van der Waals surface area contributed by atoms with Gasteiger partial charge in [0, 0.05) is 33.3 Å². The minimum atomic E-state index is -1.10. The molecular formula is C21H35N5O2Si. The molecule has 0 aromatic carbocycles. The Labute approximate surface area is 175 Å². The third-order valence-electron chi connectivity index (χ3n) is 5.79. The van der Waals surface area contributed by atoms with Crippen LogP contribution in [0.1, 0.15) is 43.8 Å². The van der Waals surface area contributed by atoms with Gasteiger partial charge in [-0.25, -0.2) is 4.99 Å². The maximum atomic E-state index is 10.1. The van der Waals surface area contributed by atoms with Gasteiger partial charge in [-0.15, -0.1) is 10.2 Å². The van der Waals surface area contributed by atoms with Crippen LogP contribution in [0.5, 0.6) is 0 Å². The zero-order chi connectivity index (χ0) is 21.0. The highest BCUT2D eigenvalue weighted by Crippen LogP contribution is 2.41. The van der Waals surface area contributed by atoms with E-state index in [9.17, 15) is 5.11 Å². The summed E-state index contributed by atoms with van der Waals surface area (Å²) < 4.78 is 7.98. The molecule has 0 bridgehead atoms. The monoisotopic (exact) mass is 417 g/mol. The smallest absolute Gasteiger partial charge is 0.175 e. The molecule has 0 saturated heterocycles. The number of hydrogen-bond acceptors (Lipinski definition) is 6. The second kappa shape index (κ2) is 9.36. The Bertz CT molecular complexity index is 768. The van der Waals surface area contributed by atoms with E-state index in [1.54, 1.807) is 6.21 Å². The quantitative estimate of drug-likeness (QED) is 0.542. The lowest BCUT2D eigenvalue weighted by molar-refractivity contribution is 0.0780. The van der Waals surface area contributed by atoms with Crippen LogP contribution in [-0.2, 0) is 11.3 Å². The molecule has 1 fully saturated rings. The Balaban J connectivity index is 1.71. The molecule has 3 rings (SSSR count). The molecule has 29 heavy (non-hydrogen) atoms. The number of allylic oxidation sites excluding steroid dienone is 1. The largest absolute Gasteiger partial charge is 0.393 e. The third-order valence-corrected chi connectivity index (χ3v) is 7.50.